The molecule has 1 heterocycles. The normalized spacial score (nSPS) is 10.1. The number of benzene rings is 1. The number of hydrogen-bond donors (Lipinski definition) is 1. The number of ether oxygens (including phenoxy) is 1. The maximum absolute atomic E-state index is 5.27. The molecule has 16 heavy (non-hydrogen) atoms. The van der Waals surface area contributed by atoms with E-state index in [1.807, 2.05) is 11.4 Å². The number of rotatable bonds is 4. The first-order chi connectivity index (χ1) is 7.79. The summed E-state index contributed by atoms with van der Waals surface area (Å²) < 4.78 is 6.50. The molecule has 4 heteroatoms. The third kappa shape index (κ3) is 2.89. The summed E-state index contributed by atoms with van der Waals surface area (Å²) in [7, 11) is 1.71. The molecule has 0 spiro atoms. The van der Waals surface area contributed by atoms with Crippen LogP contribution >= 0.6 is 33.9 Å². The molecule has 0 bridgehead atoms. The molecule has 84 valence electrons. The van der Waals surface area contributed by atoms with Crippen LogP contribution in [0.2, 0.25) is 0 Å². The van der Waals surface area contributed by atoms with Crippen molar-refractivity contribution in [2.75, 3.05) is 12.4 Å². The highest BCUT2D eigenvalue weighted by molar-refractivity contribution is 14.1. The van der Waals surface area contributed by atoms with Crippen LogP contribution < -0.4 is 10.1 Å². The molecular weight excluding hydrogens is 333 g/mol. The van der Waals surface area contributed by atoms with Gasteiger partial charge in [0.25, 0.3) is 0 Å². The predicted molar refractivity (Wildman–Crippen MR) is 77.4 cm³/mol. The Kier molecular flexibility index (Phi) is 4.06. The zero-order chi connectivity index (χ0) is 11.4. The Morgan fingerprint density at radius 1 is 1.38 bits per heavy atom. The molecule has 1 aromatic carbocycles. The predicted octanol–water partition coefficient (Wildman–Crippen LogP) is 3.97. The van der Waals surface area contributed by atoms with E-state index in [9.17, 15) is 0 Å². The van der Waals surface area contributed by atoms with Crippen molar-refractivity contribution in [2.24, 2.45) is 0 Å². The molecule has 0 aliphatic carbocycles. The van der Waals surface area contributed by atoms with Crippen molar-refractivity contribution in [3.63, 3.8) is 0 Å². The van der Waals surface area contributed by atoms with Crippen molar-refractivity contribution in [3.8, 4) is 5.75 Å². The zero-order valence-corrected chi connectivity index (χ0v) is 11.8. The monoisotopic (exact) mass is 345 g/mol. The maximum atomic E-state index is 5.27. The summed E-state index contributed by atoms with van der Waals surface area (Å²) in [6, 6.07) is 10.3. The molecule has 0 aliphatic heterocycles. The van der Waals surface area contributed by atoms with Gasteiger partial charge in [0.15, 0.2) is 0 Å². The van der Waals surface area contributed by atoms with Gasteiger partial charge in [-0.3, -0.25) is 0 Å². The molecule has 0 atom stereocenters. The second-order valence-electron chi connectivity index (χ2n) is 3.28. The van der Waals surface area contributed by atoms with Crippen LogP contribution in [-0.4, -0.2) is 7.11 Å². The highest BCUT2D eigenvalue weighted by atomic mass is 127. The molecule has 0 saturated heterocycles. The summed E-state index contributed by atoms with van der Waals surface area (Å²) >= 11 is 4.02. The van der Waals surface area contributed by atoms with Crippen molar-refractivity contribution in [1.29, 1.82) is 0 Å². The molecule has 0 amide bonds. The number of anilines is 1. The fraction of sp³-hybridized carbons (Fsp3) is 0.167. The number of methoxy groups -OCH3 is 1. The number of thiophene rings is 1. The summed E-state index contributed by atoms with van der Waals surface area (Å²) in [5.74, 6) is 0.961. The number of hydrogen-bond acceptors (Lipinski definition) is 3. The minimum absolute atomic E-state index is 0.806. The van der Waals surface area contributed by atoms with E-state index in [1.54, 1.807) is 18.4 Å². The second-order valence-corrected chi connectivity index (χ2v) is 5.52. The van der Waals surface area contributed by atoms with Crippen molar-refractivity contribution in [2.45, 2.75) is 6.54 Å². The molecule has 0 unspecified atom stereocenters. The Balaban J connectivity index is 2.02. The molecule has 0 radical (unpaired) electrons. The first-order valence-electron chi connectivity index (χ1n) is 4.89. The highest BCUT2D eigenvalue weighted by Crippen LogP contribution is 2.25. The largest absolute Gasteiger partial charge is 0.496 e. The van der Waals surface area contributed by atoms with Crippen LogP contribution in [0.3, 0.4) is 0 Å². The molecule has 0 saturated carbocycles. The van der Waals surface area contributed by atoms with Crippen LogP contribution in [0.4, 0.5) is 5.69 Å². The topological polar surface area (TPSA) is 21.3 Å². The fourth-order valence-corrected chi connectivity index (χ4v) is 2.74. The third-order valence-corrected chi connectivity index (χ3v) is 3.78. The molecule has 0 aliphatic rings. The minimum atomic E-state index is 0.806. The van der Waals surface area contributed by atoms with Gasteiger partial charge in [-0.05, 0) is 52.2 Å². The third-order valence-electron chi connectivity index (χ3n) is 2.20. The molecular formula is C12H12INOS. The number of halogens is 1. The van der Waals surface area contributed by atoms with E-state index < -0.39 is 0 Å². The standard InChI is InChI=1S/C12H12INOS/c1-15-11-5-6-16-12(11)8-14-10-4-2-3-9(13)7-10/h2-7,14H,8H2,1H3. The van der Waals surface area contributed by atoms with Gasteiger partial charge >= 0.3 is 0 Å². The smallest absolute Gasteiger partial charge is 0.134 e. The van der Waals surface area contributed by atoms with Gasteiger partial charge in [-0.1, -0.05) is 6.07 Å². The van der Waals surface area contributed by atoms with E-state index >= 15 is 0 Å². The van der Waals surface area contributed by atoms with E-state index in [0.29, 0.717) is 0 Å². The maximum Gasteiger partial charge on any atom is 0.134 e. The van der Waals surface area contributed by atoms with Gasteiger partial charge < -0.3 is 10.1 Å². The van der Waals surface area contributed by atoms with Gasteiger partial charge in [-0.25, -0.2) is 0 Å². The van der Waals surface area contributed by atoms with Crippen LogP contribution in [0.15, 0.2) is 35.7 Å². The Morgan fingerprint density at radius 2 is 2.25 bits per heavy atom. The zero-order valence-electron chi connectivity index (χ0n) is 8.87. The Morgan fingerprint density at radius 3 is 3.00 bits per heavy atom. The summed E-state index contributed by atoms with van der Waals surface area (Å²) in [6.45, 7) is 0.806. The van der Waals surface area contributed by atoms with Gasteiger partial charge in [0.1, 0.15) is 5.75 Å². The molecule has 2 nitrogen and oxygen atoms in total. The Labute approximate surface area is 113 Å². The van der Waals surface area contributed by atoms with Gasteiger partial charge in [-0.15, -0.1) is 11.3 Å². The van der Waals surface area contributed by atoms with E-state index in [1.165, 1.54) is 8.45 Å². The first kappa shape index (κ1) is 11.7. The number of nitrogens with one attached hydrogen (secondary N) is 1. The van der Waals surface area contributed by atoms with E-state index in [2.05, 4.69) is 52.2 Å². The lowest BCUT2D eigenvalue weighted by Gasteiger charge is -2.06. The van der Waals surface area contributed by atoms with Crippen LogP contribution in [0.25, 0.3) is 0 Å². The first-order valence-corrected chi connectivity index (χ1v) is 6.85. The lowest BCUT2D eigenvalue weighted by molar-refractivity contribution is 0.413. The summed E-state index contributed by atoms with van der Waals surface area (Å²) in [5, 5.41) is 5.43. The quantitative estimate of drug-likeness (QED) is 0.847. The lowest BCUT2D eigenvalue weighted by atomic mass is 10.3. The van der Waals surface area contributed by atoms with Gasteiger partial charge in [-0.2, -0.15) is 0 Å². The average molecular weight is 345 g/mol. The van der Waals surface area contributed by atoms with E-state index in [0.717, 1.165) is 18.0 Å². The summed E-state index contributed by atoms with van der Waals surface area (Å²) in [6.07, 6.45) is 0. The SMILES string of the molecule is COc1ccsc1CNc1cccc(I)c1. The molecule has 1 aromatic heterocycles. The van der Waals surface area contributed by atoms with Crippen molar-refractivity contribution >= 4 is 39.6 Å². The Hall–Kier alpha value is -0.750. The lowest BCUT2D eigenvalue weighted by Crippen LogP contribution is -1.99. The fourth-order valence-electron chi connectivity index (χ4n) is 1.42. The van der Waals surface area contributed by atoms with Crippen molar-refractivity contribution in [3.05, 3.63) is 44.2 Å². The molecule has 1 N–H and O–H groups in total. The molecule has 2 aromatic rings. The van der Waals surface area contributed by atoms with Gasteiger partial charge in [0, 0.05) is 9.26 Å². The molecule has 2 rings (SSSR count). The van der Waals surface area contributed by atoms with Crippen molar-refractivity contribution < 1.29 is 4.74 Å². The average Bonchev–Trinajstić information content (AvgIpc) is 2.74. The van der Waals surface area contributed by atoms with Crippen molar-refractivity contribution in [1.82, 2.24) is 0 Å². The minimum Gasteiger partial charge on any atom is -0.496 e. The van der Waals surface area contributed by atoms with Gasteiger partial charge in [0.05, 0.1) is 18.5 Å². The van der Waals surface area contributed by atoms with Crippen LogP contribution in [0.5, 0.6) is 5.75 Å². The Bertz CT molecular complexity index is 470. The van der Waals surface area contributed by atoms with Crippen LogP contribution in [-0.2, 0) is 6.54 Å². The van der Waals surface area contributed by atoms with Crippen LogP contribution in [0.1, 0.15) is 4.88 Å². The van der Waals surface area contributed by atoms with Gasteiger partial charge in [0.2, 0.25) is 0 Å². The van der Waals surface area contributed by atoms with E-state index in [4.69, 9.17) is 4.74 Å². The molecule has 0 fully saturated rings. The summed E-state index contributed by atoms with van der Waals surface area (Å²) in [5.41, 5.74) is 1.14. The second kappa shape index (κ2) is 5.54. The highest BCUT2D eigenvalue weighted by Gasteiger charge is 2.03. The van der Waals surface area contributed by atoms with Crippen LogP contribution in [0, 0.1) is 3.57 Å². The summed E-state index contributed by atoms with van der Waals surface area (Å²) in [4.78, 5) is 1.22. The van der Waals surface area contributed by atoms with E-state index in [-0.39, 0.29) is 0 Å².